The van der Waals surface area contributed by atoms with Crippen molar-refractivity contribution in [3.05, 3.63) is 16.9 Å². The second-order valence-electron chi connectivity index (χ2n) is 4.28. The van der Waals surface area contributed by atoms with Gasteiger partial charge in [0.25, 0.3) is 0 Å². The number of hydrogen-bond donors (Lipinski definition) is 1. The van der Waals surface area contributed by atoms with Crippen molar-refractivity contribution in [1.82, 2.24) is 9.97 Å². The summed E-state index contributed by atoms with van der Waals surface area (Å²) in [6, 6.07) is 0. The van der Waals surface area contributed by atoms with Gasteiger partial charge in [-0.05, 0) is 25.7 Å². The number of halogens is 1. The van der Waals surface area contributed by atoms with E-state index in [1.54, 1.807) is 6.20 Å². The van der Waals surface area contributed by atoms with Gasteiger partial charge in [0.05, 0.1) is 0 Å². The number of aliphatic hydroxyl groups excluding tert-OH is 1. The van der Waals surface area contributed by atoms with Crippen LogP contribution < -0.4 is 4.90 Å². The van der Waals surface area contributed by atoms with Crippen molar-refractivity contribution in [1.29, 1.82) is 0 Å². The summed E-state index contributed by atoms with van der Waals surface area (Å²) in [7, 11) is 0. The van der Waals surface area contributed by atoms with E-state index in [1.807, 2.05) is 6.92 Å². The van der Waals surface area contributed by atoms with E-state index in [-0.39, 0.29) is 6.61 Å². The molecule has 2 rings (SSSR count). The first-order chi connectivity index (χ1) is 7.70. The van der Waals surface area contributed by atoms with Crippen LogP contribution in [-0.2, 0) is 0 Å². The van der Waals surface area contributed by atoms with Gasteiger partial charge in [0, 0.05) is 31.5 Å². The number of anilines is 1. The van der Waals surface area contributed by atoms with Gasteiger partial charge in [-0.25, -0.2) is 9.97 Å². The lowest BCUT2D eigenvalue weighted by molar-refractivity contribution is 0.208. The van der Waals surface area contributed by atoms with Crippen molar-refractivity contribution in [2.45, 2.75) is 19.8 Å². The van der Waals surface area contributed by atoms with Crippen molar-refractivity contribution >= 4 is 17.5 Å². The lowest BCUT2D eigenvalue weighted by Gasteiger charge is -2.31. The molecule has 0 saturated carbocycles. The lowest BCUT2D eigenvalue weighted by Crippen LogP contribution is -2.37. The molecule has 0 amide bonds. The Bertz CT molecular complexity index is 372. The molecule has 0 spiro atoms. The maximum absolute atomic E-state index is 9.16. The standard InChI is InChI=1S/C11H16ClN3O/c1-8-5-13-11(14-10(8)12)15-4-2-3-9(6-15)7-16/h5,9,16H,2-4,6-7H2,1H3/t9-/m1/s1. The van der Waals surface area contributed by atoms with Crippen molar-refractivity contribution in [2.24, 2.45) is 5.92 Å². The zero-order chi connectivity index (χ0) is 11.5. The molecule has 0 radical (unpaired) electrons. The Balaban J connectivity index is 2.13. The van der Waals surface area contributed by atoms with E-state index in [1.165, 1.54) is 0 Å². The lowest BCUT2D eigenvalue weighted by atomic mass is 9.99. The number of rotatable bonds is 2. The van der Waals surface area contributed by atoms with Crippen LogP contribution in [-0.4, -0.2) is 34.8 Å². The van der Waals surface area contributed by atoms with Crippen LogP contribution in [0.1, 0.15) is 18.4 Å². The average Bonchev–Trinajstić information content (AvgIpc) is 2.33. The van der Waals surface area contributed by atoms with Crippen LogP contribution >= 0.6 is 11.6 Å². The summed E-state index contributed by atoms with van der Waals surface area (Å²) in [6.45, 7) is 3.88. The third-order valence-electron chi connectivity index (χ3n) is 2.96. The predicted molar refractivity (Wildman–Crippen MR) is 63.8 cm³/mol. The van der Waals surface area contributed by atoms with Gasteiger partial charge in [0.2, 0.25) is 5.95 Å². The van der Waals surface area contributed by atoms with E-state index in [4.69, 9.17) is 16.7 Å². The van der Waals surface area contributed by atoms with Gasteiger partial charge >= 0.3 is 0 Å². The average molecular weight is 242 g/mol. The minimum atomic E-state index is 0.232. The first kappa shape index (κ1) is 11.6. The van der Waals surface area contributed by atoms with E-state index in [2.05, 4.69) is 14.9 Å². The minimum Gasteiger partial charge on any atom is -0.396 e. The molecule has 1 aliphatic heterocycles. The highest BCUT2D eigenvalue weighted by atomic mass is 35.5. The maximum Gasteiger partial charge on any atom is 0.226 e. The molecular formula is C11H16ClN3O. The Morgan fingerprint density at radius 3 is 3.12 bits per heavy atom. The van der Waals surface area contributed by atoms with Gasteiger partial charge in [-0.3, -0.25) is 0 Å². The first-order valence-corrected chi connectivity index (χ1v) is 5.93. The van der Waals surface area contributed by atoms with Gasteiger partial charge in [-0.2, -0.15) is 0 Å². The van der Waals surface area contributed by atoms with Crippen LogP contribution in [0.4, 0.5) is 5.95 Å². The summed E-state index contributed by atoms with van der Waals surface area (Å²) < 4.78 is 0. The highest BCUT2D eigenvalue weighted by molar-refractivity contribution is 6.30. The summed E-state index contributed by atoms with van der Waals surface area (Å²) in [5, 5.41) is 9.67. The molecular weight excluding hydrogens is 226 g/mol. The summed E-state index contributed by atoms with van der Waals surface area (Å²) >= 11 is 5.98. The molecule has 1 aromatic rings. The predicted octanol–water partition coefficient (Wildman–Crippen LogP) is 1.65. The Hall–Kier alpha value is -0.870. The monoisotopic (exact) mass is 241 g/mol. The van der Waals surface area contributed by atoms with Gasteiger partial charge in [-0.15, -0.1) is 0 Å². The van der Waals surface area contributed by atoms with Crippen LogP contribution in [0.5, 0.6) is 0 Å². The number of hydrogen-bond acceptors (Lipinski definition) is 4. The van der Waals surface area contributed by atoms with Crippen LogP contribution in [0.25, 0.3) is 0 Å². The van der Waals surface area contributed by atoms with E-state index in [9.17, 15) is 0 Å². The fraction of sp³-hybridized carbons (Fsp3) is 0.636. The molecule has 0 aliphatic carbocycles. The third kappa shape index (κ3) is 2.44. The molecule has 2 heterocycles. The summed E-state index contributed by atoms with van der Waals surface area (Å²) in [4.78, 5) is 10.6. The normalized spacial score (nSPS) is 21.2. The van der Waals surface area contributed by atoms with Gasteiger partial charge in [0.15, 0.2) is 0 Å². The van der Waals surface area contributed by atoms with Crippen LogP contribution in [0.2, 0.25) is 5.15 Å². The fourth-order valence-electron chi connectivity index (χ4n) is 1.96. The SMILES string of the molecule is Cc1cnc(N2CCC[C@@H](CO)C2)nc1Cl. The number of nitrogens with zero attached hydrogens (tertiary/aromatic N) is 3. The van der Waals surface area contributed by atoms with E-state index in [0.717, 1.165) is 31.5 Å². The smallest absolute Gasteiger partial charge is 0.226 e. The number of piperidine rings is 1. The molecule has 1 fully saturated rings. The Kier molecular flexibility index (Phi) is 3.61. The van der Waals surface area contributed by atoms with Crippen molar-refractivity contribution < 1.29 is 5.11 Å². The van der Waals surface area contributed by atoms with E-state index < -0.39 is 0 Å². The zero-order valence-corrected chi connectivity index (χ0v) is 10.1. The molecule has 1 atom stereocenters. The molecule has 0 unspecified atom stereocenters. The van der Waals surface area contributed by atoms with Crippen LogP contribution in [0.3, 0.4) is 0 Å². The van der Waals surface area contributed by atoms with Crippen molar-refractivity contribution in [2.75, 3.05) is 24.6 Å². The fourth-order valence-corrected chi connectivity index (χ4v) is 2.09. The molecule has 1 saturated heterocycles. The molecule has 4 nitrogen and oxygen atoms in total. The van der Waals surface area contributed by atoms with E-state index >= 15 is 0 Å². The van der Waals surface area contributed by atoms with Crippen LogP contribution in [0.15, 0.2) is 6.20 Å². The summed E-state index contributed by atoms with van der Waals surface area (Å²) in [6.07, 6.45) is 3.89. The molecule has 16 heavy (non-hydrogen) atoms. The molecule has 1 aliphatic rings. The highest BCUT2D eigenvalue weighted by Gasteiger charge is 2.21. The van der Waals surface area contributed by atoms with E-state index in [0.29, 0.717) is 17.0 Å². The number of aliphatic hydroxyl groups is 1. The molecule has 0 bridgehead atoms. The quantitative estimate of drug-likeness (QED) is 0.800. The van der Waals surface area contributed by atoms with Crippen molar-refractivity contribution in [3.63, 3.8) is 0 Å². The second kappa shape index (κ2) is 4.97. The van der Waals surface area contributed by atoms with Gasteiger partial charge < -0.3 is 10.0 Å². The molecule has 5 heteroatoms. The Labute approximate surface area is 100 Å². The number of aromatic nitrogens is 2. The molecule has 1 aromatic heterocycles. The topological polar surface area (TPSA) is 49.2 Å². The Morgan fingerprint density at radius 2 is 2.44 bits per heavy atom. The molecule has 88 valence electrons. The second-order valence-corrected chi connectivity index (χ2v) is 4.64. The summed E-state index contributed by atoms with van der Waals surface area (Å²) in [5.74, 6) is 1.01. The largest absolute Gasteiger partial charge is 0.396 e. The highest BCUT2D eigenvalue weighted by Crippen LogP contribution is 2.21. The summed E-state index contributed by atoms with van der Waals surface area (Å²) in [5.41, 5.74) is 0.890. The van der Waals surface area contributed by atoms with Gasteiger partial charge in [-0.1, -0.05) is 11.6 Å². The zero-order valence-electron chi connectivity index (χ0n) is 9.36. The third-order valence-corrected chi connectivity index (χ3v) is 3.34. The first-order valence-electron chi connectivity index (χ1n) is 5.55. The maximum atomic E-state index is 9.16. The Morgan fingerprint density at radius 1 is 1.62 bits per heavy atom. The molecule has 0 aromatic carbocycles. The van der Waals surface area contributed by atoms with Crippen LogP contribution in [0, 0.1) is 12.8 Å². The van der Waals surface area contributed by atoms with Crippen molar-refractivity contribution in [3.8, 4) is 0 Å². The minimum absolute atomic E-state index is 0.232. The van der Waals surface area contributed by atoms with Gasteiger partial charge in [0.1, 0.15) is 5.15 Å². The number of aryl methyl sites for hydroxylation is 1. The molecule has 1 N–H and O–H groups in total.